The molecule has 0 saturated carbocycles. The Bertz CT molecular complexity index is 285. The average Bonchev–Trinajstić information content (AvgIpc) is 2.65. The third-order valence-electron chi connectivity index (χ3n) is 4.91. The van der Waals surface area contributed by atoms with Crippen LogP contribution >= 0.6 is 0 Å². The largest absolute Gasteiger partial charge is 0.356 e. The molecule has 0 aliphatic rings. The van der Waals surface area contributed by atoms with Gasteiger partial charge >= 0.3 is 0 Å². The first-order valence-corrected chi connectivity index (χ1v) is 11.4. The topological polar surface area (TPSA) is 53.2 Å². The number of hydrogen-bond donors (Lipinski definition) is 3. The maximum atomic E-state index is 11.7. The van der Waals surface area contributed by atoms with E-state index in [0.29, 0.717) is 6.42 Å². The Hall–Kier alpha value is -0.610. The van der Waals surface area contributed by atoms with Crippen LogP contribution in [0.3, 0.4) is 0 Å². The fraction of sp³-hybridized carbons (Fsp3) is 0.955. The lowest BCUT2D eigenvalue weighted by Gasteiger charge is -2.07. The van der Waals surface area contributed by atoms with E-state index >= 15 is 0 Å². The van der Waals surface area contributed by atoms with Crippen LogP contribution in [0.4, 0.5) is 0 Å². The fourth-order valence-electron chi connectivity index (χ4n) is 3.18. The van der Waals surface area contributed by atoms with Crippen LogP contribution in [-0.4, -0.2) is 39.1 Å². The molecule has 3 N–H and O–H groups in total. The van der Waals surface area contributed by atoms with Gasteiger partial charge in [0.05, 0.1) is 0 Å². The summed E-state index contributed by atoms with van der Waals surface area (Å²) >= 11 is 0. The Kier molecular flexibility index (Phi) is 21.9. The van der Waals surface area contributed by atoms with Gasteiger partial charge in [-0.2, -0.15) is 0 Å². The third kappa shape index (κ3) is 21.4. The van der Waals surface area contributed by atoms with Crippen molar-refractivity contribution in [2.24, 2.45) is 0 Å². The van der Waals surface area contributed by atoms with E-state index in [4.69, 9.17) is 0 Å². The van der Waals surface area contributed by atoms with Crippen LogP contribution in [0.15, 0.2) is 0 Å². The van der Waals surface area contributed by atoms with Crippen LogP contribution in [0.2, 0.25) is 0 Å². The summed E-state index contributed by atoms with van der Waals surface area (Å²) in [4.78, 5) is 11.7. The van der Waals surface area contributed by atoms with Crippen molar-refractivity contribution in [3.63, 3.8) is 0 Å². The van der Waals surface area contributed by atoms with E-state index in [1.165, 1.54) is 77.0 Å². The normalized spacial score (nSPS) is 11.0. The summed E-state index contributed by atoms with van der Waals surface area (Å²) < 4.78 is 0. The molecule has 0 unspecified atom stereocenters. The lowest BCUT2D eigenvalue weighted by molar-refractivity contribution is -0.121. The van der Waals surface area contributed by atoms with Crippen LogP contribution < -0.4 is 16.0 Å². The van der Waals surface area contributed by atoms with Gasteiger partial charge in [-0.05, 0) is 33.0 Å². The van der Waals surface area contributed by atoms with E-state index in [2.05, 4.69) is 22.9 Å². The van der Waals surface area contributed by atoms with Gasteiger partial charge in [0.25, 0.3) is 0 Å². The van der Waals surface area contributed by atoms with Crippen LogP contribution in [0.25, 0.3) is 0 Å². The molecule has 1 amide bonds. The Balaban J connectivity index is 3.11. The van der Waals surface area contributed by atoms with Crippen LogP contribution in [0.5, 0.6) is 0 Å². The van der Waals surface area contributed by atoms with Crippen molar-refractivity contribution < 1.29 is 4.79 Å². The second-order valence-electron chi connectivity index (χ2n) is 7.55. The molecule has 0 aliphatic heterocycles. The van der Waals surface area contributed by atoms with Gasteiger partial charge < -0.3 is 16.0 Å². The predicted octanol–water partition coefficient (Wildman–Crippen LogP) is 4.78. The van der Waals surface area contributed by atoms with Crippen molar-refractivity contribution in [3.8, 4) is 0 Å². The van der Waals surface area contributed by atoms with Gasteiger partial charge in [0.2, 0.25) is 5.91 Å². The molecule has 0 aromatic heterocycles. The molecular formula is C22H47N3O. The van der Waals surface area contributed by atoms with Crippen molar-refractivity contribution in [3.05, 3.63) is 0 Å². The molecule has 0 rings (SSSR count). The van der Waals surface area contributed by atoms with Crippen LogP contribution in [0.1, 0.15) is 103 Å². The molecule has 0 aromatic carbocycles. The van der Waals surface area contributed by atoms with E-state index in [9.17, 15) is 4.79 Å². The van der Waals surface area contributed by atoms with Crippen molar-refractivity contribution in [1.82, 2.24) is 16.0 Å². The molecular weight excluding hydrogens is 322 g/mol. The first-order chi connectivity index (χ1) is 12.8. The molecule has 0 aromatic rings. The average molecular weight is 370 g/mol. The molecule has 0 saturated heterocycles. The molecule has 4 heteroatoms. The van der Waals surface area contributed by atoms with Gasteiger partial charge in [-0.15, -0.1) is 0 Å². The van der Waals surface area contributed by atoms with Gasteiger partial charge in [0.1, 0.15) is 0 Å². The number of carbonyl (C=O) groups is 1. The van der Waals surface area contributed by atoms with Crippen molar-refractivity contribution in [2.75, 3.05) is 33.2 Å². The second kappa shape index (κ2) is 22.4. The maximum Gasteiger partial charge on any atom is 0.221 e. The molecule has 0 heterocycles. The number of nitrogens with one attached hydrogen (secondary N) is 3. The van der Waals surface area contributed by atoms with Gasteiger partial charge in [0.15, 0.2) is 0 Å². The van der Waals surface area contributed by atoms with Crippen molar-refractivity contribution >= 4 is 5.91 Å². The molecule has 0 fully saturated rings. The van der Waals surface area contributed by atoms with E-state index in [1.54, 1.807) is 0 Å². The first kappa shape index (κ1) is 25.4. The highest BCUT2D eigenvalue weighted by molar-refractivity contribution is 5.75. The SMILES string of the molecule is CCCCCCCCCCCCCCCNC(=O)CCNCCCNC. The summed E-state index contributed by atoms with van der Waals surface area (Å²) in [6.07, 6.45) is 19.5. The number of rotatable bonds is 21. The standard InChI is InChI=1S/C22H47N3O/c1-3-4-5-6-7-8-9-10-11-12-13-14-15-20-25-22(26)17-21-24-19-16-18-23-2/h23-24H,3-21H2,1-2H3,(H,25,26). The molecule has 156 valence electrons. The summed E-state index contributed by atoms with van der Waals surface area (Å²) in [5.74, 6) is 0.185. The molecule has 0 spiro atoms. The molecule has 0 aliphatic carbocycles. The minimum atomic E-state index is 0.185. The lowest BCUT2D eigenvalue weighted by atomic mass is 10.0. The molecule has 4 nitrogen and oxygen atoms in total. The zero-order chi connectivity index (χ0) is 19.1. The maximum absolute atomic E-state index is 11.7. The zero-order valence-corrected chi connectivity index (χ0v) is 17.8. The van der Waals surface area contributed by atoms with Gasteiger partial charge in [-0.1, -0.05) is 84.0 Å². The summed E-state index contributed by atoms with van der Waals surface area (Å²) in [5, 5.41) is 9.45. The Morgan fingerprint density at radius 2 is 1.15 bits per heavy atom. The van der Waals surface area contributed by atoms with Crippen molar-refractivity contribution in [1.29, 1.82) is 0 Å². The summed E-state index contributed by atoms with van der Waals surface area (Å²) in [6.45, 7) is 5.91. The van der Waals surface area contributed by atoms with E-state index in [-0.39, 0.29) is 5.91 Å². The first-order valence-electron chi connectivity index (χ1n) is 11.4. The van der Waals surface area contributed by atoms with Crippen molar-refractivity contribution in [2.45, 2.75) is 103 Å². The minimum Gasteiger partial charge on any atom is -0.356 e. The van der Waals surface area contributed by atoms with Gasteiger partial charge in [0, 0.05) is 19.5 Å². The second-order valence-corrected chi connectivity index (χ2v) is 7.55. The molecule has 0 atom stereocenters. The minimum absolute atomic E-state index is 0.185. The monoisotopic (exact) mass is 369 g/mol. The van der Waals surface area contributed by atoms with Gasteiger partial charge in [-0.3, -0.25) is 4.79 Å². The van der Waals surface area contributed by atoms with Crippen LogP contribution in [-0.2, 0) is 4.79 Å². The Morgan fingerprint density at radius 1 is 0.615 bits per heavy atom. The Labute approximate surface area is 163 Å². The zero-order valence-electron chi connectivity index (χ0n) is 17.8. The number of hydrogen-bond acceptors (Lipinski definition) is 3. The molecule has 26 heavy (non-hydrogen) atoms. The summed E-state index contributed by atoms with van der Waals surface area (Å²) in [6, 6.07) is 0. The third-order valence-corrected chi connectivity index (χ3v) is 4.91. The predicted molar refractivity (Wildman–Crippen MR) is 115 cm³/mol. The molecule has 0 bridgehead atoms. The summed E-state index contributed by atoms with van der Waals surface area (Å²) in [7, 11) is 1.96. The van der Waals surface area contributed by atoms with Gasteiger partial charge in [-0.25, -0.2) is 0 Å². The van der Waals surface area contributed by atoms with E-state index in [0.717, 1.165) is 39.0 Å². The number of carbonyl (C=O) groups excluding carboxylic acids is 1. The molecule has 0 radical (unpaired) electrons. The number of unbranched alkanes of at least 4 members (excludes halogenated alkanes) is 12. The highest BCUT2D eigenvalue weighted by atomic mass is 16.1. The Morgan fingerprint density at radius 3 is 1.69 bits per heavy atom. The fourth-order valence-corrected chi connectivity index (χ4v) is 3.18. The highest BCUT2D eigenvalue weighted by Gasteiger charge is 2.00. The quantitative estimate of drug-likeness (QED) is 0.255. The number of amides is 1. The van der Waals surface area contributed by atoms with E-state index in [1.807, 2.05) is 7.05 Å². The highest BCUT2D eigenvalue weighted by Crippen LogP contribution is 2.12. The van der Waals surface area contributed by atoms with Crippen LogP contribution in [0, 0.1) is 0 Å². The smallest absolute Gasteiger partial charge is 0.221 e. The lowest BCUT2D eigenvalue weighted by Crippen LogP contribution is -2.29. The summed E-state index contributed by atoms with van der Waals surface area (Å²) in [5.41, 5.74) is 0. The van der Waals surface area contributed by atoms with E-state index < -0.39 is 0 Å².